The van der Waals surface area contributed by atoms with Crippen LogP contribution in [-0.4, -0.2) is 63.6 Å². The topological polar surface area (TPSA) is 96.7 Å². The van der Waals surface area contributed by atoms with Crippen LogP contribution < -0.4 is 5.32 Å². The lowest BCUT2D eigenvalue weighted by molar-refractivity contribution is -0.192. The maximum absolute atomic E-state index is 12.4. The van der Waals surface area contributed by atoms with E-state index in [9.17, 15) is 18.0 Å². The normalized spacial score (nSPS) is 19.5. The monoisotopic (exact) mass is 474 g/mol. The van der Waals surface area contributed by atoms with Gasteiger partial charge < -0.3 is 15.2 Å². The Morgan fingerprint density at radius 3 is 2.62 bits per heavy atom. The van der Waals surface area contributed by atoms with Crippen LogP contribution in [0.1, 0.15) is 35.9 Å². The van der Waals surface area contributed by atoms with Gasteiger partial charge in [0.25, 0.3) is 0 Å². The number of carbonyl (C=O) groups excluding carboxylic acids is 1. The van der Waals surface area contributed by atoms with Gasteiger partial charge in [-0.25, -0.2) is 4.79 Å². The number of carboxylic acid groups (broad SMARTS) is 1. The predicted octanol–water partition coefficient (Wildman–Crippen LogP) is 2.82. The fourth-order valence-electron chi connectivity index (χ4n) is 3.78. The van der Waals surface area contributed by atoms with E-state index in [1.165, 1.54) is 10.6 Å². The molecule has 1 amide bonds. The Kier molecular flexibility index (Phi) is 8.26. The van der Waals surface area contributed by atoms with Gasteiger partial charge in [-0.2, -0.15) is 18.3 Å². The van der Waals surface area contributed by atoms with E-state index in [-0.39, 0.29) is 11.9 Å². The molecule has 2 N–H and O–H groups in total. The van der Waals surface area contributed by atoms with Crippen molar-refractivity contribution >= 4 is 23.2 Å². The van der Waals surface area contributed by atoms with Crippen LogP contribution in [0.4, 0.5) is 13.2 Å². The molecule has 176 valence electrons. The summed E-state index contributed by atoms with van der Waals surface area (Å²) in [6, 6.07) is 6.78. The van der Waals surface area contributed by atoms with Crippen LogP contribution >= 0.6 is 11.3 Å². The summed E-state index contributed by atoms with van der Waals surface area (Å²) in [7, 11) is 0. The molecule has 0 bridgehead atoms. The predicted molar refractivity (Wildman–Crippen MR) is 110 cm³/mol. The Balaban J connectivity index is 0.000000360. The summed E-state index contributed by atoms with van der Waals surface area (Å²) in [4.78, 5) is 25.0. The molecule has 0 radical (unpaired) electrons. The van der Waals surface area contributed by atoms with E-state index in [4.69, 9.17) is 14.6 Å². The van der Waals surface area contributed by atoms with Crippen LogP contribution in [0.3, 0.4) is 0 Å². The van der Waals surface area contributed by atoms with Gasteiger partial charge in [-0.3, -0.25) is 14.4 Å². The number of ether oxygens (including phenoxy) is 1. The Morgan fingerprint density at radius 2 is 2.00 bits per heavy atom. The van der Waals surface area contributed by atoms with Gasteiger partial charge in [0.2, 0.25) is 5.91 Å². The van der Waals surface area contributed by atoms with Crippen molar-refractivity contribution in [2.45, 2.75) is 50.6 Å². The number of carbonyl (C=O) groups is 2. The Bertz CT molecular complexity index is 882. The zero-order valence-electron chi connectivity index (χ0n) is 17.3. The van der Waals surface area contributed by atoms with Gasteiger partial charge in [0.05, 0.1) is 24.7 Å². The van der Waals surface area contributed by atoms with E-state index in [0.717, 1.165) is 39.1 Å². The number of aromatic nitrogens is 2. The molecule has 32 heavy (non-hydrogen) atoms. The highest BCUT2D eigenvalue weighted by Crippen LogP contribution is 2.27. The van der Waals surface area contributed by atoms with E-state index < -0.39 is 12.1 Å². The number of nitrogens with one attached hydrogen (secondary N) is 1. The fraction of sp³-hybridized carbons (Fsp3) is 0.550. The molecule has 4 rings (SSSR count). The second-order valence-electron chi connectivity index (χ2n) is 7.56. The highest BCUT2D eigenvalue weighted by Gasteiger charge is 2.38. The lowest BCUT2D eigenvalue weighted by Crippen LogP contribution is -2.46. The third-order valence-electron chi connectivity index (χ3n) is 5.32. The van der Waals surface area contributed by atoms with Crippen molar-refractivity contribution in [2.24, 2.45) is 0 Å². The largest absolute Gasteiger partial charge is 0.490 e. The molecular weight excluding hydrogens is 449 g/mol. The van der Waals surface area contributed by atoms with E-state index in [1.807, 2.05) is 28.4 Å². The highest BCUT2D eigenvalue weighted by atomic mass is 32.1. The Hall–Kier alpha value is -2.44. The summed E-state index contributed by atoms with van der Waals surface area (Å²) in [5.74, 6) is -2.67. The van der Waals surface area contributed by atoms with Crippen molar-refractivity contribution in [1.82, 2.24) is 20.0 Å². The third kappa shape index (κ3) is 6.78. The Labute approximate surface area is 187 Å². The summed E-state index contributed by atoms with van der Waals surface area (Å²) < 4.78 is 39.3. The van der Waals surface area contributed by atoms with E-state index in [1.54, 1.807) is 11.3 Å². The first-order valence-electron chi connectivity index (χ1n) is 10.2. The number of thiophene rings is 1. The number of aliphatic carboxylic acids is 1. The van der Waals surface area contributed by atoms with Crippen molar-refractivity contribution in [3.8, 4) is 0 Å². The summed E-state index contributed by atoms with van der Waals surface area (Å²) in [6.45, 7) is 4.08. The molecule has 4 heterocycles. The van der Waals surface area contributed by atoms with Crippen molar-refractivity contribution in [3.63, 3.8) is 0 Å². The highest BCUT2D eigenvalue weighted by molar-refractivity contribution is 7.09. The standard InChI is InChI=1S/C18H24N4O2S.C2HF3O2/c23-18(19-11-17-2-1-9-25-17)10-16-13-21(14-4-7-24-8-5-14)12-15-3-6-20-22(15)16;3-2(4,5)1(6)7/h1-3,6,9,14,16H,4-5,7-8,10-13H2,(H,19,23);(H,6,7). The molecule has 2 aromatic heterocycles. The number of fused-ring (bicyclic) bond motifs is 1. The lowest BCUT2D eigenvalue weighted by Gasteiger charge is -2.40. The van der Waals surface area contributed by atoms with Crippen molar-refractivity contribution in [1.29, 1.82) is 0 Å². The number of carboxylic acids is 1. The van der Waals surface area contributed by atoms with E-state index in [0.29, 0.717) is 19.0 Å². The van der Waals surface area contributed by atoms with Gasteiger partial charge in [-0.05, 0) is 30.4 Å². The molecule has 2 aromatic rings. The van der Waals surface area contributed by atoms with Gasteiger partial charge in [-0.15, -0.1) is 11.3 Å². The minimum atomic E-state index is -5.08. The maximum Gasteiger partial charge on any atom is 0.490 e. The number of halogens is 3. The summed E-state index contributed by atoms with van der Waals surface area (Å²) in [5.41, 5.74) is 1.20. The average molecular weight is 475 g/mol. The molecule has 2 aliphatic rings. The second-order valence-corrected chi connectivity index (χ2v) is 8.59. The molecule has 8 nitrogen and oxygen atoms in total. The fourth-order valence-corrected chi connectivity index (χ4v) is 4.43. The number of hydrogen-bond acceptors (Lipinski definition) is 6. The second kappa shape index (κ2) is 10.9. The number of alkyl halides is 3. The van der Waals surface area contributed by atoms with Crippen LogP contribution in [0.25, 0.3) is 0 Å². The van der Waals surface area contributed by atoms with Crippen LogP contribution in [-0.2, 0) is 27.4 Å². The van der Waals surface area contributed by atoms with Gasteiger partial charge in [-0.1, -0.05) is 6.07 Å². The quantitative estimate of drug-likeness (QED) is 0.692. The molecule has 2 aliphatic heterocycles. The number of amides is 1. The van der Waals surface area contributed by atoms with Crippen molar-refractivity contribution in [3.05, 3.63) is 40.3 Å². The molecule has 0 spiro atoms. The van der Waals surface area contributed by atoms with E-state index >= 15 is 0 Å². The molecule has 0 aliphatic carbocycles. The first-order valence-corrected chi connectivity index (χ1v) is 11.1. The molecule has 1 fully saturated rings. The summed E-state index contributed by atoms with van der Waals surface area (Å²) >= 11 is 1.67. The van der Waals surface area contributed by atoms with Gasteiger partial charge in [0.1, 0.15) is 0 Å². The van der Waals surface area contributed by atoms with Crippen LogP contribution in [0.2, 0.25) is 0 Å². The van der Waals surface area contributed by atoms with Gasteiger partial charge >= 0.3 is 12.1 Å². The maximum atomic E-state index is 12.4. The number of rotatable bonds is 5. The Morgan fingerprint density at radius 1 is 1.28 bits per heavy atom. The van der Waals surface area contributed by atoms with Crippen molar-refractivity contribution in [2.75, 3.05) is 19.8 Å². The van der Waals surface area contributed by atoms with Gasteiger partial charge in [0, 0.05) is 43.4 Å². The van der Waals surface area contributed by atoms with Crippen molar-refractivity contribution < 1.29 is 32.6 Å². The molecular formula is C20H25F3N4O4S. The van der Waals surface area contributed by atoms with Crippen LogP contribution in [0.15, 0.2) is 29.8 Å². The third-order valence-corrected chi connectivity index (χ3v) is 6.20. The molecule has 1 atom stereocenters. The molecule has 0 aromatic carbocycles. The molecule has 1 unspecified atom stereocenters. The van der Waals surface area contributed by atoms with Crippen LogP contribution in [0.5, 0.6) is 0 Å². The lowest BCUT2D eigenvalue weighted by atomic mass is 10.0. The SMILES string of the molecule is O=C(CC1CN(C2CCOCC2)Cc2ccnn21)NCc1cccs1.O=C(O)C(F)(F)F. The zero-order chi connectivity index (χ0) is 23.1. The molecule has 0 saturated carbocycles. The van der Waals surface area contributed by atoms with Gasteiger partial charge in [0.15, 0.2) is 0 Å². The minimum absolute atomic E-state index is 0.0914. The molecule has 12 heteroatoms. The summed E-state index contributed by atoms with van der Waals surface area (Å²) in [5, 5.41) is 16.7. The minimum Gasteiger partial charge on any atom is -0.475 e. The first-order chi connectivity index (χ1) is 15.2. The van der Waals surface area contributed by atoms with E-state index in [2.05, 4.69) is 21.4 Å². The number of nitrogens with zero attached hydrogens (tertiary/aromatic N) is 3. The summed E-state index contributed by atoms with van der Waals surface area (Å²) in [6.07, 6.45) is -0.615. The zero-order valence-corrected chi connectivity index (χ0v) is 18.1. The number of hydrogen-bond donors (Lipinski definition) is 2. The van der Waals surface area contributed by atoms with Crippen LogP contribution in [0, 0.1) is 0 Å². The molecule has 1 saturated heterocycles. The first kappa shape index (κ1) is 24.2. The average Bonchev–Trinajstić information content (AvgIpc) is 3.44. The smallest absolute Gasteiger partial charge is 0.475 e.